The van der Waals surface area contributed by atoms with Crippen LogP contribution in [-0.4, -0.2) is 41.3 Å². The first-order valence-electron chi connectivity index (χ1n) is 7.67. The van der Waals surface area contributed by atoms with Gasteiger partial charge in [0.05, 0.1) is 6.10 Å². The molecule has 110 valence electrons. The molecular weight excluding hydrogens is 252 g/mol. The zero-order valence-corrected chi connectivity index (χ0v) is 12.3. The van der Waals surface area contributed by atoms with Crippen LogP contribution in [0, 0.1) is 5.92 Å². The topological polar surface area (TPSA) is 61.3 Å². The van der Waals surface area contributed by atoms with Crippen molar-refractivity contribution in [2.45, 2.75) is 44.6 Å². The van der Waals surface area contributed by atoms with Gasteiger partial charge < -0.3 is 15.3 Å². The van der Waals surface area contributed by atoms with E-state index in [0.717, 1.165) is 43.4 Å². The number of anilines is 2. The number of rotatable bonds is 6. The molecule has 0 atom stereocenters. The third-order valence-electron chi connectivity index (χ3n) is 4.16. The fourth-order valence-corrected chi connectivity index (χ4v) is 2.77. The summed E-state index contributed by atoms with van der Waals surface area (Å²) >= 11 is 0. The molecule has 0 amide bonds. The fourth-order valence-electron chi connectivity index (χ4n) is 2.77. The molecule has 0 aliphatic heterocycles. The largest absolute Gasteiger partial charge is 0.393 e. The van der Waals surface area contributed by atoms with Crippen molar-refractivity contribution in [3.8, 4) is 0 Å². The van der Waals surface area contributed by atoms with Gasteiger partial charge in [0.1, 0.15) is 17.5 Å². The second-order valence-electron chi connectivity index (χ2n) is 6.15. The molecule has 0 unspecified atom stereocenters. The van der Waals surface area contributed by atoms with Crippen molar-refractivity contribution < 1.29 is 5.11 Å². The number of nitrogens with zero attached hydrogens (tertiary/aromatic N) is 3. The van der Waals surface area contributed by atoms with Crippen LogP contribution >= 0.6 is 0 Å². The molecule has 0 saturated heterocycles. The van der Waals surface area contributed by atoms with Crippen molar-refractivity contribution >= 4 is 11.6 Å². The Labute approximate surface area is 120 Å². The molecule has 0 aromatic carbocycles. The molecule has 20 heavy (non-hydrogen) atoms. The van der Waals surface area contributed by atoms with Gasteiger partial charge in [-0.1, -0.05) is 0 Å². The summed E-state index contributed by atoms with van der Waals surface area (Å²) in [6.45, 7) is 3.92. The van der Waals surface area contributed by atoms with Crippen molar-refractivity contribution in [1.29, 1.82) is 0 Å². The van der Waals surface area contributed by atoms with Crippen LogP contribution in [0.15, 0.2) is 6.07 Å². The predicted molar refractivity (Wildman–Crippen MR) is 80.2 cm³/mol. The third kappa shape index (κ3) is 3.03. The Hall–Kier alpha value is -1.36. The lowest BCUT2D eigenvalue weighted by Crippen LogP contribution is -2.37. The lowest BCUT2D eigenvalue weighted by atomic mass is 9.82. The van der Waals surface area contributed by atoms with E-state index < -0.39 is 0 Å². The maximum absolute atomic E-state index is 9.39. The monoisotopic (exact) mass is 276 g/mol. The van der Waals surface area contributed by atoms with Crippen molar-refractivity contribution in [1.82, 2.24) is 9.97 Å². The number of aliphatic hydroxyl groups is 1. The highest BCUT2D eigenvalue weighted by Crippen LogP contribution is 2.39. The number of aliphatic hydroxyl groups excluding tert-OH is 1. The van der Waals surface area contributed by atoms with Crippen LogP contribution < -0.4 is 10.2 Å². The van der Waals surface area contributed by atoms with Crippen LogP contribution in [0.1, 0.15) is 44.3 Å². The molecule has 2 aliphatic rings. The number of aromatic nitrogens is 2. The summed E-state index contributed by atoms with van der Waals surface area (Å²) in [7, 11) is 2.08. The van der Waals surface area contributed by atoms with E-state index in [9.17, 15) is 5.11 Å². The summed E-state index contributed by atoms with van der Waals surface area (Å²) in [6.07, 6.45) is 4.19. The lowest BCUT2D eigenvalue weighted by molar-refractivity contribution is 0.0464. The van der Waals surface area contributed by atoms with Gasteiger partial charge in [-0.3, -0.25) is 0 Å². The summed E-state index contributed by atoms with van der Waals surface area (Å²) in [5, 5.41) is 12.7. The zero-order valence-electron chi connectivity index (χ0n) is 12.3. The van der Waals surface area contributed by atoms with Crippen LogP contribution in [0.3, 0.4) is 0 Å². The van der Waals surface area contributed by atoms with Crippen molar-refractivity contribution in [3.63, 3.8) is 0 Å². The van der Waals surface area contributed by atoms with E-state index in [1.54, 1.807) is 0 Å². The second kappa shape index (κ2) is 5.56. The minimum Gasteiger partial charge on any atom is -0.393 e. The van der Waals surface area contributed by atoms with Crippen LogP contribution in [0.5, 0.6) is 0 Å². The molecule has 5 nitrogen and oxygen atoms in total. The molecule has 2 fully saturated rings. The molecule has 1 heterocycles. The zero-order chi connectivity index (χ0) is 14.1. The van der Waals surface area contributed by atoms with Crippen LogP contribution in [-0.2, 0) is 0 Å². The van der Waals surface area contributed by atoms with E-state index in [1.165, 1.54) is 12.8 Å². The molecule has 0 spiro atoms. The van der Waals surface area contributed by atoms with E-state index in [-0.39, 0.29) is 6.10 Å². The standard InChI is InChI=1S/C15H24N4O/c1-3-16-13-8-14(18-15(17-13)11-4-5-11)19(2)9-10-6-12(20)7-10/h8,10-12,20H,3-7,9H2,1-2H3,(H,16,17,18). The molecule has 0 radical (unpaired) electrons. The Bertz CT molecular complexity index is 469. The maximum atomic E-state index is 9.39. The molecule has 2 N–H and O–H groups in total. The number of hydrogen-bond acceptors (Lipinski definition) is 5. The summed E-state index contributed by atoms with van der Waals surface area (Å²) in [6, 6.07) is 2.03. The first kappa shape index (κ1) is 13.6. The van der Waals surface area contributed by atoms with Gasteiger partial charge in [0.15, 0.2) is 0 Å². The highest BCUT2D eigenvalue weighted by Gasteiger charge is 2.30. The quantitative estimate of drug-likeness (QED) is 0.832. The van der Waals surface area contributed by atoms with Gasteiger partial charge in [0.25, 0.3) is 0 Å². The number of hydrogen-bond donors (Lipinski definition) is 2. The summed E-state index contributed by atoms with van der Waals surface area (Å²) in [5.41, 5.74) is 0. The highest BCUT2D eigenvalue weighted by atomic mass is 16.3. The molecule has 3 rings (SSSR count). The molecule has 2 aliphatic carbocycles. The SMILES string of the molecule is CCNc1cc(N(C)CC2CC(O)C2)nc(C2CC2)n1. The first-order chi connectivity index (χ1) is 9.65. The van der Waals surface area contributed by atoms with Gasteiger partial charge in [-0.15, -0.1) is 0 Å². The molecule has 1 aromatic rings. The van der Waals surface area contributed by atoms with Gasteiger partial charge in [0.2, 0.25) is 0 Å². The molecule has 0 bridgehead atoms. The summed E-state index contributed by atoms with van der Waals surface area (Å²) in [5.74, 6) is 4.07. The average molecular weight is 276 g/mol. The van der Waals surface area contributed by atoms with Crippen molar-refractivity contribution in [2.75, 3.05) is 30.4 Å². The minimum atomic E-state index is -0.0851. The normalized spacial score (nSPS) is 25.1. The van der Waals surface area contributed by atoms with Crippen molar-refractivity contribution in [2.24, 2.45) is 5.92 Å². The minimum absolute atomic E-state index is 0.0851. The van der Waals surface area contributed by atoms with Gasteiger partial charge in [-0.25, -0.2) is 9.97 Å². The molecule has 2 saturated carbocycles. The van der Waals surface area contributed by atoms with Gasteiger partial charge >= 0.3 is 0 Å². The Morgan fingerprint density at radius 2 is 2.10 bits per heavy atom. The first-order valence-corrected chi connectivity index (χ1v) is 7.67. The number of nitrogens with one attached hydrogen (secondary N) is 1. The third-order valence-corrected chi connectivity index (χ3v) is 4.16. The van der Waals surface area contributed by atoms with E-state index >= 15 is 0 Å². The summed E-state index contributed by atoms with van der Waals surface area (Å²) < 4.78 is 0. The Kier molecular flexibility index (Phi) is 3.78. The lowest BCUT2D eigenvalue weighted by Gasteiger charge is -2.34. The van der Waals surface area contributed by atoms with E-state index in [4.69, 9.17) is 4.98 Å². The van der Waals surface area contributed by atoms with Crippen LogP contribution in [0.2, 0.25) is 0 Å². The van der Waals surface area contributed by atoms with E-state index in [2.05, 4.69) is 29.2 Å². The fraction of sp³-hybridized carbons (Fsp3) is 0.733. The molecule has 1 aromatic heterocycles. The Morgan fingerprint density at radius 1 is 1.35 bits per heavy atom. The predicted octanol–water partition coefficient (Wildman–Crippen LogP) is 1.99. The van der Waals surface area contributed by atoms with Crippen LogP contribution in [0.4, 0.5) is 11.6 Å². The highest BCUT2D eigenvalue weighted by molar-refractivity contribution is 5.49. The van der Waals surface area contributed by atoms with Crippen molar-refractivity contribution in [3.05, 3.63) is 11.9 Å². The smallest absolute Gasteiger partial charge is 0.136 e. The Balaban J connectivity index is 1.72. The van der Waals surface area contributed by atoms with Gasteiger partial charge in [-0.2, -0.15) is 0 Å². The maximum Gasteiger partial charge on any atom is 0.136 e. The van der Waals surface area contributed by atoms with Gasteiger partial charge in [-0.05, 0) is 38.5 Å². The van der Waals surface area contributed by atoms with E-state index in [0.29, 0.717) is 11.8 Å². The average Bonchev–Trinajstić information content (AvgIpc) is 3.21. The van der Waals surface area contributed by atoms with E-state index in [1.807, 2.05) is 6.07 Å². The summed E-state index contributed by atoms with van der Waals surface area (Å²) in [4.78, 5) is 11.5. The van der Waals surface area contributed by atoms with Crippen LogP contribution in [0.25, 0.3) is 0 Å². The second-order valence-corrected chi connectivity index (χ2v) is 6.15. The molecular formula is C15H24N4O. The Morgan fingerprint density at radius 3 is 2.70 bits per heavy atom. The molecule has 5 heteroatoms. The van der Waals surface area contributed by atoms with Gasteiger partial charge in [0, 0.05) is 32.1 Å².